The average Bonchev–Trinajstić information content (AvgIpc) is 3.34. The minimum absolute atomic E-state index is 0.0947. The lowest BCUT2D eigenvalue weighted by molar-refractivity contribution is -0.159. The summed E-state index contributed by atoms with van der Waals surface area (Å²) in [4.78, 5) is 11.1. The van der Waals surface area contributed by atoms with Gasteiger partial charge in [0, 0.05) is 6.42 Å². The van der Waals surface area contributed by atoms with Crippen LogP contribution in [0.4, 0.5) is 0 Å². The zero-order valence-corrected chi connectivity index (χ0v) is 18.5. The summed E-state index contributed by atoms with van der Waals surface area (Å²) in [6, 6.07) is 0. The molecule has 0 aromatic heterocycles. The number of aliphatic hydroxyl groups excluding tert-OH is 1. The maximum atomic E-state index is 11.1. The van der Waals surface area contributed by atoms with Crippen molar-refractivity contribution in [3.63, 3.8) is 0 Å². The van der Waals surface area contributed by atoms with Gasteiger partial charge in [-0.15, -0.1) is 0 Å². The van der Waals surface area contributed by atoms with Crippen molar-refractivity contribution >= 4 is 5.97 Å². The topological polar surface area (TPSA) is 70.1 Å². The van der Waals surface area contributed by atoms with Crippen molar-refractivity contribution in [3.8, 4) is 0 Å². The summed E-state index contributed by atoms with van der Waals surface area (Å²) < 4.78 is 6.30. The molecule has 0 radical (unpaired) electrons. The van der Waals surface area contributed by atoms with Gasteiger partial charge in [0.2, 0.25) is 0 Å². The van der Waals surface area contributed by atoms with E-state index >= 15 is 0 Å². The first-order valence-corrected chi connectivity index (χ1v) is 12.2. The van der Waals surface area contributed by atoms with Gasteiger partial charge in [-0.25, -0.2) is 0 Å². The zero-order valence-electron chi connectivity index (χ0n) is 18.5. The van der Waals surface area contributed by atoms with Crippen molar-refractivity contribution in [1.82, 2.24) is 0 Å². The Morgan fingerprint density at radius 3 is 2.48 bits per heavy atom. The highest BCUT2D eigenvalue weighted by atomic mass is 16.6. The minimum atomic E-state index is -0.656. The van der Waals surface area contributed by atoms with Crippen LogP contribution in [0.15, 0.2) is 0 Å². The van der Waals surface area contributed by atoms with E-state index in [2.05, 4.69) is 20.8 Å². The highest BCUT2D eigenvalue weighted by molar-refractivity contribution is 5.66. The molecule has 5 rings (SSSR count). The lowest BCUT2D eigenvalue weighted by atomic mass is 9.42. The molecule has 29 heavy (non-hydrogen) atoms. The van der Waals surface area contributed by atoms with E-state index in [4.69, 9.17) is 9.84 Å². The zero-order chi connectivity index (χ0) is 20.6. The van der Waals surface area contributed by atoms with Crippen LogP contribution in [0.3, 0.4) is 0 Å². The third-order valence-electron chi connectivity index (χ3n) is 10.9. The van der Waals surface area contributed by atoms with Crippen LogP contribution in [0.2, 0.25) is 0 Å². The van der Waals surface area contributed by atoms with E-state index in [0.29, 0.717) is 40.9 Å². The molecule has 5 unspecified atom stereocenters. The number of hydrogen-bond donors (Lipinski definition) is 2. The Hall–Kier alpha value is -0.610. The predicted octanol–water partition coefficient (Wildman–Crippen LogP) is 4.89. The third kappa shape index (κ3) is 2.95. The van der Waals surface area contributed by atoms with E-state index in [1.807, 2.05) is 0 Å². The van der Waals surface area contributed by atoms with Crippen LogP contribution in [0.5, 0.6) is 0 Å². The van der Waals surface area contributed by atoms with Gasteiger partial charge in [-0.2, -0.15) is 0 Å². The number of carbonyl (C=O) groups is 1. The maximum Gasteiger partial charge on any atom is 0.303 e. The molecule has 4 aliphatic carbocycles. The fraction of sp³-hybridized carbons (Fsp3) is 0.960. The van der Waals surface area contributed by atoms with Gasteiger partial charge in [0.1, 0.15) is 0 Å². The number of epoxide rings is 1. The molecule has 1 saturated heterocycles. The van der Waals surface area contributed by atoms with Crippen LogP contribution in [0.25, 0.3) is 0 Å². The number of aliphatic carboxylic acids is 1. The number of aliphatic hydroxyl groups is 1. The summed E-state index contributed by atoms with van der Waals surface area (Å²) in [7, 11) is 0. The number of hydrogen-bond acceptors (Lipinski definition) is 3. The standard InChI is InChI=1S/C25H40O4/c1-15(4-7-21(27)28)18-5-6-19-22-20(9-11-24(18,19)3)23(2)10-8-17(26)12-16(23)13-25(22)14-29-25/h15-20,22,26H,4-14H2,1-3H3,(H,27,28)/t15-,16+,17-,18?,19?,20?,22?,23+,24-,25?/m1/s1. The van der Waals surface area contributed by atoms with Gasteiger partial charge in [-0.1, -0.05) is 20.8 Å². The molecule has 4 saturated carbocycles. The summed E-state index contributed by atoms with van der Waals surface area (Å²) in [5, 5.41) is 19.5. The van der Waals surface area contributed by atoms with Gasteiger partial charge in [0.15, 0.2) is 0 Å². The van der Waals surface area contributed by atoms with Gasteiger partial charge in [0.25, 0.3) is 0 Å². The average molecular weight is 405 g/mol. The van der Waals surface area contributed by atoms with Crippen LogP contribution in [0, 0.1) is 46.3 Å². The Morgan fingerprint density at radius 2 is 1.79 bits per heavy atom. The molecule has 4 heteroatoms. The second kappa shape index (κ2) is 6.69. The van der Waals surface area contributed by atoms with Gasteiger partial charge in [0.05, 0.1) is 18.3 Å². The smallest absolute Gasteiger partial charge is 0.303 e. The van der Waals surface area contributed by atoms with E-state index in [0.717, 1.165) is 44.1 Å². The summed E-state index contributed by atoms with van der Waals surface area (Å²) in [6.45, 7) is 8.32. The van der Waals surface area contributed by atoms with Gasteiger partial charge in [-0.3, -0.25) is 4.79 Å². The van der Waals surface area contributed by atoms with E-state index in [1.165, 1.54) is 32.1 Å². The van der Waals surface area contributed by atoms with Crippen molar-refractivity contribution < 1.29 is 19.7 Å². The summed E-state index contributed by atoms with van der Waals surface area (Å²) in [5.74, 6) is 3.25. The van der Waals surface area contributed by atoms with Crippen LogP contribution in [-0.4, -0.2) is 34.5 Å². The van der Waals surface area contributed by atoms with E-state index in [-0.39, 0.29) is 11.7 Å². The van der Waals surface area contributed by atoms with Crippen molar-refractivity contribution in [2.75, 3.05) is 6.61 Å². The highest BCUT2D eigenvalue weighted by Crippen LogP contribution is 2.72. The number of fused-ring (bicyclic) bond motifs is 6. The Kier molecular flexibility index (Phi) is 4.68. The third-order valence-corrected chi connectivity index (χ3v) is 10.9. The molecule has 1 heterocycles. The molecule has 1 spiro atoms. The van der Waals surface area contributed by atoms with Crippen LogP contribution >= 0.6 is 0 Å². The Bertz CT molecular complexity index is 672. The fourth-order valence-electron chi connectivity index (χ4n) is 9.30. The van der Waals surface area contributed by atoms with E-state index < -0.39 is 5.97 Å². The van der Waals surface area contributed by atoms with Crippen molar-refractivity contribution in [1.29, 1.82) is 0 Å². The monoisotopic (exact) mass is 404 g/mol. The molecule has 0 amide bonds. The maximum absolute atomic E-state index is 11.1. The molecule has 1 aliphatic heterocycles. The minimum Gasteiger partial charge on any atom is -0.481 e. The summed E-state index contributed by atoms with van der Waals surface area (Å²) in [6.07, 6.45) is 10.5. The van der Waals surface area contributed by atoms with Crippen LogP contribution < -0.4 is 0 Å². The Morgan fingerprint density at radius 1 is 1.10 bits per heavy atom. The van der Waals surface area contributed by atoms with Crippen molar-refractivity contribution in [3.05, 3.63) is 0 Å². The largest absolute Gasteiger partial charge is 0.481 e. The van der Waals surface area contributed by atoms with Crippen molar-refractivity contribution in [2.24, 2.45) is 46.3 Å². The number of carboxylic acids is 1. The van der Waals surface area contributed by atoms with Gasteiger partial charge < -0.3 is 14.9 Å². The van der Waals surface area contributed by atoms with E-state index in [9.17, 15) is 9.90 Å². The molecule has 5 fully saturated rings. The molecule has 0 aromatic carbocycles. The Balaban J connectivity index is 1.42. The predicted molar refractivity (Wildman–Crippen MR) is 111 cm³/mol. The molecule has 10 atom stereocenters. The number of carboxylic acid groups (broad SMARTS) is 1. The first-order chi connectivity index (χ1) is 13.7. The first-order valence-electron chi connectivity index (χ1n) is 12.2. The molecular formula is C25H40O4. The highest BCUT2D eigenvalue weighted by Gasteiger charge is 2.70. The lowest BCUT2D eigenvalue weighted by Gasteiger charge is -2.63. The fourth-order valence-corrected chi connectivity index (χ4v) is 9.30. The Labute approximate surface area is 175 Å². The number of ether oxygens (including phenoxy) is 1. The summed E-state index contributed by atoms with van der Waals surface area (Å²) in [5.41, 5.74) is 0.808. The number of rotatable bonds is 4. The van der Waals surface area contributed by atoms with Gasteiger partial charge in [-0.05, 0) is 104 Å². The van der Waals surface area contributed by atoms with Crippen molar-refractivity contribution in [2.45, 2.75) is 96.7 Å². The molecule has 5 aliphatic rings. The van der Waals surface area contributed by atoms with E-state index in [1.54, 1.807) is 0 Å². The van der Waals surface area contributed by atoms with Gasteiger partial charge >= 0.3 is 5.97 Å². The molecule has 2 N–H and O–H groups in total. The quantitative estimate of drug-likeness (QED) is 0.655. The summed E-state index contributed by atoms with van der Waals surface area (Å²) >= 11 is 0. The van der Waals surface area contributed by atoms with Crippen LogP contribution in [0.1, 0.15) is 85.0 Å². The molecule has 164 valence electrons. The molecular weight excluding hydrogens is 364 g/mol. The first kappa shape index (κ1) is 20.3. The molecule has 0 bridgehead atoms. The van der Waals surface area contributed by atoms with Crippen LogP contribution in [-0.2, 0) is 9.53 Å². The molecule has 0 aromatic rings. The molecule has 4 nitrogen and oxygen atoms in total. The lowest BCUT2D eigenvalue weighted by Crippen LogP contribution is -2.60. The second-order valence-corrected chi connectivity index (χ2v) is 12.1. The normalized spacial score (nSPS) is 54.3. The second-order valence-electron chi connectivity index (χ2n) is 12.1. The SMILES string of the molecule is C[C@H](CCC(=O)O)C1CCC2C3C(CC[C@@]21C)[C@@]1(C)CC[C@@H](O)C[C@H]1CC31CO1.